The number of hydrogen-bond acceptors (Lipinski definition) is 4. The average molecular weight is 677 g/mol. The van der Waals surface area contributed by atoms with Gasteiger partial charge in [0.2, 0.25) is 0 Å². The Morgan fingerprint density at radius 2 is 0.809 bits per heavy atom. The molecule has 0 radical (unpaired) electrons. The van der Waals surface area contributed by atoms with Gasteiger partial charge < -0.3 is 40.6 Å². The first-order valence-electron chi connectivity index (χ1n) is 16.0. The summed E-state index contributed by atoms with van der Waals surface area (Å²) < 4.78 is 0. The van der Waals surface area contributed by atoms with Crippen LogP contribution in [0.1, 0.15) is 49.9 Å². The van der Waals surface area contributed by atoms with Gasteiger partial charge in [-0.2, -0.15) is 0 Å². The molecule has 2 atom stereocenters. The van der Waals surface area contributed by atoms with E-state index in [1.807, 2.05) is 166 Å². The van der Waals surface area contributed by atoms with Crippen molar-refractivity contribution >= 4 is 23.3 Å². The van der Waals surface area contributed by atoms with Gasteiger partial charge in [0.25, 0.3) is 0 Å². The molecule has 0 heterocycles. The first-order chi connectivity index (χ1) is 21.7. The fourth-order valence-corrected chi connectivity index (χ4v) is 4.09. The molecule has 0 saturated carbocycles. The summed E-state index contributed by atoms with van der Waals surface area (Å²) in [6.45, 7) is 15.8. The number of guanidine groups is 2. The van der Waals surface area contributed by atoms with Crippen molar-refractivity contribution in [2.24, 2.45) is 21.8 Å². The molecule has 3 rings (SSSR count). The maximum atomic E-state index is 11.2. The molecule has 0 aliphatic rings. The molecular weight excluding hydrogens is 620 g/mol. The molecule has 0 saturated heterocycles. The minimum Gasteiger partial charge on any atom is -0.854 e. The van der Waals surface area contributed by atoms with Gasteiger partial charge in [-0.05, 0) is 113 Å². The number of rotatable bonds is 8. The second kappa shape index (κ2) is 23.2. The van der Waals surface area contributed by atoms with Gasteiger partial charge in [-0.1, -0.05) is 100 Å². The van der Waals surface area contributed by atoms with Crippen molar-refractivity contribution in [2.45, 2.75) is 67.5 Å². The molecule has 0 fully saturated rings. The van der Waals surface area contributed by atoms with Crippen LogP contribution in [0.15, 0.2) is 82.8 Å². The molecule has 47 heavy (non-hydrogen) atoms. The van der Waals surface area contributed by atoms with Crippen LogP contribution in [-0.2, 0) is 21.7 Å². The summed E-state index contributed by atoms with van der Waals surface area (Å²) in [5.74, 6) is 1.65. The topological polar surface area (TPSA) is 106 Å². The first-order valence-corrected chi connectivity index (χ1v) is 16.0. The van der Waals surface area contributed by atoms with Crippen molar-refractivity contribution in [1.29, 1.82) is 0 Å². The van der Waals surface area contributed by atoms with E-state index in [-0.39, 0.29) is 58.9 Å². The zero-order valence-corrected chi connectivity index (χ0v) is 32.2. The molecule has 0 aromatic heterocycles. The van der Waals surface area contributed by atoms with Crippen molar-refractivity contribution in [2.75, 3.05) is 41.4 Å². The summed E-state index contributed by atoms with van der Waals surface area (Å²) >= 11 is 0. The van der Waals surface area contributed by atoms with Crippen LogP contribution in [0.25, 0.3) is 10.6 Å². The van der Waals surface area contributed by atoms with E-state index in [0.717, 1.165) is 33.6 Å². The zero-order chi connectivity index (χ0) is 34.8. The SMILES string of the molecule is Cc1cccc(C)c1N=C([N-][C@H](C[O-])C(C)C)N(C)C.Cc1cccc(C)c1N=C([N-][C@H](C[O-])C(C)C)N(C)C.[Ti+4].c1ccccc1. The predicted octanol–water partition coefficient (Wildman–Crippen LogP) is 6.91. The van der Waals surface area contributed by atoms with Crippen LogP contribution >= 0.6 is 0 Å². The van der Waals surface area contributed by atoms with Crippen molar-refractivity contribution in [3.63, 3.8) is 0 Å². The molecule has 3 aromatic rings. The molecule has 0 unspecified atom stereocenters. The first kappa shape index (κ1) is 43.8. The summed E-state index contributed by atoms with van der Waals surface area (Å²) in [6.07, 6.45) is 0. The normalized spacial score (nSPS) is 12.5. The summed E-state index contributed by atoms with van der Waals surface area (Å²) in [7, 11) is 7.60. The largest absolute Gasteiger partial charge is 4.00 e. The van der Waals surface area contributed by atoms with E-state index >= 15 is 0 Å². The van der Waals surface area contributed by atoms with E-state index in [2.05, 4.69) is 20.6 Å². The van der Waals surface area contributed by atoms with Gasteiger partial charge in [0.05, 0.1) is 0 Å². The van der Waals surface area contributed by atoms with Gasteiger partial charge in [0.1, 0.15) is 0 Å². The molecule has 8 nitrogen and oxygen atoms in total. The summed E-state index contributed by atoms with van der Waals surface area (Å²) in [5.41, 5.74) is 6.33. The molecule has 254 valence electrons. The number of hydrogen-bond donors (Lipinski definition) is 0. The molecule has 9 heteroatoms. The summed E-state index contributed by atoms with van der Waals surface area (Å²) in [6, 6.07) is 23.7. The number of para-hydroxylation sites is 2. The second-order valence-electron chi connectivity index (χ2n) is 12.5. The van der Waals surface area contributed by atoms with Gasteiger partial charge in [-0.15, -0.1) is 13.2 Å². The third-order valence-electron chi connectivity index (χ3n) is 7.21. The van der Waals surface area contributed by atoms with Crippen molar-refractivity contribution in [3.05, 3.63) is 106 Å². The quantitative estimate of drug-likeness (QED) is 0.147. The minimum atomic E-state index is -0.236. The van der Waals surface area contributed by atoms with Crippen LogP contribution < -0.4 is 10.2 Å². The van der Waals surface area contributed by atoms with Crippen LogP contribution in [0.2, 0.25) is 0 Å². The van der Waals surface area contributed by atoms with E-state index in [4.69, 9.17) is 0 Å². The molecular formula is C38H56N6O2Ti. The standard InChI is InChI=1S/2C16H25N3O.C6H6.Ti/c2*1-11(2)14(10-20)17-16(19(5)6)18-15-12(3)8-7-9-13(15)4;1-2-4-6-5-3-1;/h2*7-9,11,14H,10H2,1-6H3;1-6H;/q2*-2;;+4/t2*14-;;/m11../s1. The van der Waals surface area contributed by atoms with E-state index in [9.17, 15) is 10.2 Å². The van der Waals surface area contributed by atoms with Crippen LogP contribution in [-0.4, -0.2) is 75.2 Å². The fraction of sp³-hybridized carbons (Fsp3) is 0.474. The monoisotopic (exact) mass is 676 g/mol. The Morgan fingerprint density at radius 3 is 1.00 bits per heavy atom. The molecule has 0 spiro atoms. The van der Waals surface area contributed by atoms with Crippen LogP contribution in [0.3, 0.4) is 0 Å². The summed E-state index contributed by atoms with van der Waals surface area (Å²) in [4.78, 5) is 13.0. The van der Waals surface area contributed by atoms with E-state index in [1.165, 1.54) is 0 Å². The van der Waals surface area contributed by atoms with Crippen LogP contribution in [0.4, 0.5) is 11.4 Å². The maximum Gasteiger partial charge on any atom is 4.00 e. The smallest absolute Gasteiger partial charge is 0.854 e. The van der Waals surface area contributed by atoms with Crippen LogP contribution in [0.5, 0.6) is 0 Å². The van der Waals surface area contributed by atoms with Gasteiger partial charge >= 0.3 is 21.7 Å². The van der Waals surface area contributed by atoms with E-state index in [1.54, 1.807) is 0 Å². The Bertz CT molecular complexity index is 1190. The van der Waals surface area contributed by atoms with Crippen LogP contribution in [0, 0.1) is 39.5 Å². The summed E-state index contributed by atoms with van der Waals surface area (Å²) in [5, 5.41) is 31.6. The fourth-order valence-electron chi connectivity index (χ4n) is 4.09. The Labute approximate surface area is 300 Å². The van der Waals surface area contributed by atoms with Crippen molar-refractivity contribution in [3.8, 4) is 0 Å². The van der Waals surface area contributed by atoms with E-state index < -0.39 is 0 Å². The molecule has 0 aliphatic carbocycles. The average Bonchev–Trinajstić information content (AvgIpc) is 3.01. The number of nitrogens with zero attached hydrogens (tertiary/aromatic N) is 6. The van der Waals surface area contributed by atoms with Gasteiger partial charge in [-0.25, -0.2) is 0 Å². The van der Waals surface area contributed by atoms with Crippen molar-refractivity contribution in [1.82, 2.24) is 9.80 Å². The Hall–Kier alpha value is -3.17. The number of benzene rings is 3. The molecule has 0 aliphatic heterocycles. The minimum absolute atomic E-state index is 0. The Morgan fingerprint density at radius 1 is 0.553 bits per heavy atom. The number of aliphatic imine (C=N–C) groups is 2. The third kappa shape index (κ3) is 16.0. The van der Waals surface area contributed by atoms with Gasteiger partial charge in [0, 0.05) is 11.9 Å². The zero-order valence-electron chi connectivity index (χ0n) is 30.7. The Kier molecular flexibility index (Phi) is 21.6. The maximum absolute atomic E-state index is 11.2. The van der Waals surface area contributed by atoms with Gasteiger partial charge in [0.15, 0.2) is 0 Å². The molecule has 0 N–H and O–H groups in total. The Balaban J connectivity index is 0.000000749. The predicted molar refractivity (Wildman–Crippen MR) is 194 cm³/mol. The molecule has 0 amide bonds. The van der Waals surface area contributed by atoms with Gasteiger partial charge in [-0.3, -0.25) is 0 Å². The van der Waals surface area contributed by atoms with Crippen molar-refractivity contribution < 1.29 is 31.9 Å². The molecule has 0 bridgehead atoms. The number of aryl methyl sites for hydroxylation is 4. The third-order valence-corrected chi connectivity index (χ3v) is 7.21. The molecule has 3 aromatic carbocycles. The van der Waals surface area contributed by atoms with E-state index in [0.29, 0.717) is 11.9 Å². The second-order valence-corrected chi connectivity index (χ2v) is 12.5.